The zero-order valence-corrected chi connectivity index (χ0v) is 20.8. The Morgan fingerprint density at radius 1 is 1.47 bits per heavy atom. The first kappa shape index (κ1) is 25.9. The highest BCUT2D eigenvalue weighted by atomic mass is 79.9. The number of nitrogens with one attached hydrogen (secondary N) is 1. The first-order valence-electron chi connectivity index (χ1n) is 10.4. The van der Waals surface area contributed by atoms with Gasteiger partial charge in [0, 0.05) is 40.9 Å². The molecule has 0 aliphatic carbocycles. The van der Waals surface area contributed by atoms with Gasteiger partial charge < -0.3 is 20.3 Å². The minimum absolute atomic E-state index is 0.0315. The molecule has 9 nitrogen and oxygen atoms in total. The quantitative estimate of drug-likeness (QED) is 0.367. The monoisotopic (exact) mass is 554 g/mol. The van der Waals surface area contributed by atoms with Crippen molar-refractivity contribution in [2.45, 2.75) is 32.0 Å². The van der Waals surface area contributed by atoms with Crippen molar-refractivity contribution in [3.8, 4) is 0 Å². The molecule has 4 rings (SSSR count). The van der Waals surface area contributed by atoms with Gasteiger partial charge in [-0.3, -0.25) is 14.7 Å². The Hall–Kier alpha value is -2.67. The molecule has 2 unspecified atom stereocenters. The minimum atomic E-state index is -0.703. The van der Waals surface area contributed by atoms with E-state index in [0.29, 0.717) is 45.2 Å². The molecule has 3 N–H and O–H groups in total. The maximum atomic E-state index is 13.8. The fourth-order valence-electron chi connectivity index (χ4n) is 3.64. The number of aliphatic imine (C=N–C) groups is 1. The molecular weight excluding hydrogens is 531 g/mol. The molecule has 2 aliphatic rings. The van der Waals surface area contributed by atoms with Gasteiger partial charge in [0.05, 0.1) is 18.3 Å². The second-order valence-corrected chi connectivity index (χ2v) is 9.21. The highest BCUT2D eigenvalue weighted by molar-refractivity contribution is 9.10. The second-order valence-electron chi connectivity index (χ2n) is 7.46. The maximum absolute atomic E-state index is 13.8. The van der Waals surface area contributed by atoms with Gasteiger partial charge in [-0.25, -0.2) is 14.2 Å². The average molecular weight is 555 g/mol. The summed E-state index contributed by atoms with van der Waals surface area (Å²) in [6, 6.07) is 3.58. The number of amidine groups is 1. The van der Waals surface area contributed by atoms with Crippen LogP contribution in [0.1, 0.15) is 30.5 Å². The van der Waals surface area contributed by atoms with E-state index in [-0.39, 0.29) is 24.9 Å². The predicted octanol–water partition coefficient (Wildman–Crippen LogP) is 2.72. The number of esters is 1. The molecule has 12 heteroatoms. The Bertz CT molecular complexity index is 1090. The highest BCUT2D eigenvalue weighted by Gasteiger charge is 2.38. The van der Waals surface area contributed by atoms with Crippen LogP contribution in [-0.4, -0.2) is 70.2 Å². The van der Waals surface area contributed by atoms with Crippen molar-refractivity contribution in [3.63, 3.8) is 0 Å². The summed E-state index contributed by atoms with van der Waals surface area (Å²) in [4.78, 5) is 32.6. The average Bonchev–Trinajstić information content (AvgIpc) is 3.34. The van der Waals surface area contributed by atoms with E-state index in [1.54, 1.807) is 19.2 Å². The van der Waals surface area contributed by atoms with E-state index in [1.807, 2.05) is 12.3 Å². The number of aliphatic hydroxyl groups excluding tert-OH is 1. The molecule has 1 fully saturated rings. The van der Waals surface area contributed by atoms with Gasteiger partial charge in [0.1, 0.15) is 11.9 Å². The smallest absolute Gasteiger partial charge is 0.338 e. The Morgan fingerprint density at radius 2 is 2.21 bits per heavy atom. The van der Waals surface area contributed by atoms with Crippen LogP contribution in [0.15, 0.2) is 50.5 Å². The van der Waals surface area contributed by atoms with Crippen LogP contribution in [-0.2, 0) is 14.3 Å². The van der Waals surface area contributed by atoms with E-state index in [0.717, 1.165) is 0 Å². The molecular formula is C22H24BrFN4O5S. The summed E-state index contributed by atoms with van der Waals surface area (Å²) in [6.07, 6.45) is 1.29. The molecule has 1 aromatic carbocycles. The highest BCUT2D eigenvalue weighted by Crippen LogP contribution is 2.37. The topological polar surface area (TPSA) is 124 Å². The number of rotatable bonds is 6. The van der Waals surface area contributed by atoms with Crippen LogP contribution in [0.3, 0.4) is 0 Å². The lowest BCUT2D eigenvalue weighted by Gasteiger charge is -2.44. The van der Waals surface area contributed by atoms with Crippen molar-refractivity contribution < 1.29 is 28.9 Å². The number of halogens is 2. The first-order chi connectivity index (χ1) is 16.3. The van der Waals surface area contributed by atoms with Crippen molar-refractivity contribution in [3.05, 3.63) is 61.9 Å². The molecule has 182 valence electrons. The summed E-state index contributed by atoms with van der Waals surface area (Å²) in [5.41, 5.74) is 1.65. The molecule has 3 atom stereocenters. The van der Waals surface area contributed by atoms with E-state index >= 15 is 0 Å². The fraction of sp³-hybridized carbons (Fsp3) is 0.364. The van der Waals surface area contributed by atoms with E-state index in [2.05, 4.69) is 31.1 Å². The number of hydrogen-bond donors (Lipinski definition) is 3. The third kappa shape index (κ3) is 5.69. The number of hydrogen-bond acceptors (Lipinski definition) is 9. The summed E-state index contributed by atoms with van der Waals surface area (Å²) < 4.78 is 19.6. The maximum Gasteiger partial charge on any atom is 0.338 e. The van der Waals surface area contributed by atoms with E-state index in [4.69, 9.17) is 19.6 Å². The number of aliphatic hydroxyl groups is 1. The Balaban J connectivity index is 0.00000103. The van der Waals surface area contributed by atoms with Crippen LogP contribution in [0, 0.1) is 5.82 Å². The zero-order chi connectivity index (χ0) is 24.8. The standard InChI is InChI=1S/C21H22BrFN4O3S.CH2O2/c1-3-30-21(29)17-15(9-27-10-16(28)11(27)2)25-19(20-24-6-7-31-20)26-18(17)13-5-4-12(23)8-14(13)22;2-1-3/h4-8,11,16,18,28H,3,9-10H2,1-2H3,(H,25,26);1H,(H,2,3)/t11?,16?,18-;/m0./s1. The number of carbonyl (C=O) groups is 2. The zero-order valence-electron chi connectivity index (χ0n) is 18.4. The largest absolute Gasteiger partial charge is 0.483 e. The first-order valence-corrected chi connectivity index (χ1v) is 12.1. The summed E-state index contributed by atoms with van der Waals surface area (Å²) >= 11 is 4.85. The normalized spacial score (nSPS) is 22.0. The lowest BCUT2D eigenvalue weighted by atomic mass is 9.94. The Labute approximate surface area is 208 Å². The third-order valence-electron chi connectivity index (χ3n) is 5.43. The number of nitrogens with zero attached hydrogens (tertiary/aromatic N) is 3. The van der Waals surface area contributed by atoms with Crippen molar-refractivity contribution in [2.75, 3.05) is 19.7 Å². The number of likely N-dealkylation sites (tertiary alicyclic amines) is 1. The molecule has 0 amide bonds. The van der Waals surface area contributed by atoms with Gasteiger partial charge in [-0.15, -0.1) is 11.3 Å². The molecule has 1 saturated heterocycles. The number of aromatic nitrogens is 1. The SMILES string of the molecule is CCOC(=O)C1=C(CN2CC(O)C2C)NC(c2nccs2)=N[C@H]1c1ccc(F)cc1Br.O=CO. The van der Waals surface area contributed by atoms with E-state index < -0.39 is 18.1 Å². The van der Waals surface area contributed by atoms with Crippen molar-refractivity contribution in [1.82, 2.24) is 15.2 Å². The molecule has 2 aliphatic heterocycles. The molecule has 0 bridgehead atoms. The number of carbonyl (C=O) groups excluding carboxylic acids is 1. The number of ether oxygens (including phenoxy) is 1. The number of carboxylic acid groups (broad SMARTS) is 1. The van der Waals surface area contributed by atoms with Gasteiger partial charge in [-0.1, -0.05) is 22.0 Å². The predicted molar refractivity (Wildman–Crippen MR) is 128 cm³/mol. The van der Waals surface area contributed by atoms with Crippen LogP contribution in [0.5, 0.6) is 0 Å². The fourth-order valence-corrected chi connectivity index (χ4v) is 4.80. The second kappa shape index (κ2) is 11.6. The number of benzene rings is 1. The van der Waals surface area contributed by atoms with Crippen LogP contribution < -0.4 is 5.32 Å². The molecule has 2 aromatic rings. The Morgan fingerprint density at radius 3 is 2.76 bits per heavy atom. The Kier molecular flexibility index (Phi) is 8.89. The van der Waals surface area contributed by atoms with E-state index in [9.17, 15) is 14.3 Å². The van der Waals surface area contributed by atoms with Gasteiger partial charge in [0.25, 0.3) is 6.47 Å². The van der Waals surface area contributed by atoms with Crippen molar-refractivity contribution >= 4 is 45.5 Å². The minimum Gasteiger partial charge on any atom is -0.483 e. The van der Waals surface area contributed by atoms with Gasteiger partial charge in [-0.2, -0.15) is 0 Å². The van der Waals surface area contributed by atoms with Crippen LogP contribution in [0.2, 0.25) is 0 Å². The molecule has 1 aromatic heterocycles. The van der Waals surface area contributed by atoms with Crippen LogP contribution in [0.25, 0.3) is 0 Å². The van der Waals surface area contributed by atoms with Gasteiger partial charge in [0.15, 0.2) is 10.8 Å². The molecule has 3 heterocycles. The van der Waals surface area contributed by atoms with E-state index in [1.165, 1.54) is 23.5 Å². The van der Waals surface area contributed by atoms with Crippen molar-refractivity contribution in [1.29, 1.82) is 0 Å². The van der Waals surface area contributed by atoms with Crippen LogP contribution in [0.4, 0.5) is 4.39 Å². The van der Waals surface area contributed by atoms with Crippen molar-refractivity contribution in [2.24, 2.45) is 4.99 Å². The number of thiazole rings is 1. The third-order valence-corrected chi connectivity index (χ3v) is 6.90. The van der Waals surface area contributed by atoms with Gasteiger partial charge >= 0.3 is 5.97 Å². The summed E-state index contributed by atoms with van der Waals surface area (Å²) in [5.74, 6) is -0.339. The lowest BCUT2D eigenvalue weighted by molar-refractivity contribution is -0.139. The molecule has 0 spiro atoms. The molecule has 34 heavy (non-hydrogen) atoms. The summed E-state index contributed by atoms with van der Waals surface area (Å²) in [7, 11) is 0. The van der Waals surface area contributed by atoms with Gasteiger partial charge in [-0.05, 0) is 31.5 Å². The summed E-state index contributed by atoms with van der Waals surface area (Å²) in [5, 5.41) is 22.6. The summed E-state index contributed by atoms with van der Waals surface area (Å²) in [6.45, 7) is 4.57. The van der Waals surface area contributed by atoms with Crippen LogP contribution >= 0.6 is 27.3 Å². The van der Waals surface area contributed by atoms with Gasteiger partial charge in [0.2, 0.25) is 0 Å². The lowest BCUT2D eigenvalue weighted by Crippen LogP contribution is -2.59. The molecule has 0 saturated carbocycles. The molecule has 0 radical (unpaired) electrons. The number of β-amino-alcohol motifs (C(OH)–C–C–N with tert-alkyl or cyclic N) is 1.